The Balaban J connectivity index is 2.06. The van der Waals surface area contributed by atoms with E-state index in [1.165, 1.54) is 0 Å². The molecule has 2 rings (SSSR count). The predicted molar refractivity (Wildman–Crippen MR) is 84.0 cm³/mol. The maximum absolute atomic E-state index is 12.4. The third-order valence-electron chi connectivity index (χ3n) is 3.92. The lowest BCUT2D eigenvalue weighted by molar-refractivity contribution is -0.144. The largest absolute Gasteiger partial charge is 0.365 e. The Labute approximate surface area is 127 Å². The number of likely N-dealkylation sites (N-methyl/N-ethyl adjacent to an activating group) is 1. The quantitative estimate of drug-likeness (QED) is 0.904. The van der Waals surface area contributed by atoms with Crippen LogP contribution in [0.1, 0.15) is 31.9 Å². The Kier molecular flexibility index (Phi) is 5.76. The van der Waals surface area contributed by atoms with Gasteiger partial charge in [0.2, 0.25) is 0 Å². The van der Waals surface area contributed by atoms with E-state index in [1.54, 1.807) is 0 Å². The van der Waals surface area contributed by atoms with Crippen molar-refractivity contribution < 1.29 is 9.53 Å². The summed E-state index contributed by atoms with van der Waals surface area (Å²) in [7, 11) is 2.05. The molecule has 1 saturated heterocycles. The fourth-order valence-corrected chi connectivity index (χ4v) is 2.67. The molecule has 21 heavy (non-hydrogen) atoms. The summed E-state index contributed by atoms with van der Waals surface area (Å²) in [5, 5.41) is 3.01. The fraction of sp³-hybridized carbons (Fsp3) is 0.588. The maximum Gasteiger partial charge on any atom is 0.251 e. The fourth-order valence-electron chi connectivity index (χ4n) is 2.67. The molecule has 0 spiro atoms. The third-order valence-corrected chi connectivity index (χ3v) is 3.92. The number of nitrogens with one attached hydrogen (secondary N) is 1. The summed E-state index contributed by atoms with van der Waals surface area (Å²) < 4.78 is 5.78. The molecule has 1 N–H and O–H groups in total. The smallest absolute Gasteiger partial charge is 0.251 e. The van der Waals surface area contributed by atoms with Crippen molar-refractivity contribution in [3.8, 4) is 0 Å². The van der Waals surface area contributed by atoms with Gasteiger partial charge in [0.25, 0.3) is 5.91 Å². The van der Waals surface area contributed by atoms with Crippen LogP contribution in [0.25, 0.3) is 0 Å². The number of nitrogens with zero attached hydrogens (tertiary/aromatic N) is 1. The highest BCUT2D eigenvalue weighted by Gasteiger charge is 2.36. The molecule has 1 aliphatic rings. The second kappa shape index (κ2) is 7.57. The van der Waals surface area contributed by atoms with Crippen molar-refractivity contribution in [3.63, 3.8) is 0 Å². The zero-order valence-corrected chi connectivity index (χ0v) is 13.2. The summed E-state index contributed by atoms with van der Waals surface area (Å²) in [5.74, 6) is 0.584. The lowest BCUT2D eigenvalue weighted by Crippen LogP contribution is -2.50. The first-order valence-corrected chi connectivity index (χ1v) is 7.74. The molecule has 0 unspecified atom stereocenters. The topological polar surface area (TPSA) is 41.6 Å². The number of morpholine rings is 1. The van der Waals surface area contributed by atoms with Crippen molar-refractivity contribution >= 4 is 5.91 Å². The van der Waals surface area contributed by atoms with E-state index in [0.717, 1.165) is 18.5 Å². The van der Waals surface area contributed by atoms with E-state index in [2.05, 4.69) is 43.2 Å². The standard InChI is InChI=1S/C17H26N2O2/c1-13(2)9-10-18-17(20)16-15(19(3)11-12-21-16)14-7-5-4-6-8-14/h4-8,13,15-16H,9-12H2,1-3H3,(H,18,20)/t15-,16+/m0/s1. The number of hydrogen-bond acceptors (Lipinski definition) is 3. The van der Waals surface area contributed by atoms with E-state index in [9.17, 15) is 4.79 Å². The number of amides is 1. The Morgan fingerprint density at radius 2 is 2.10 bits per heavy atom. The third kappa shape index (κ3) is 4.29. The first kappa shape index (κ1) is 16.0. The Morgan fingerprint density at radius 3 is 2.76 bits per heavy atom. The number of hydrogen-bond donors (Lipinski definition) is 1. The van der Waals surface area contributed by atoms with E-state index in [4.69, 9.17) is 4.74 Å². The highest BCUT2D eigenvalue weighted by atomic mass is 16.5. The average Bonchev–Trinajstić information content (AvgIpc) is 2.47. The van der Waals surface area contributed by atoms with Crippen LogP contribution in [0.2, 0.25) is 0 Å². The zero-order chi connectivity index (χ0) is 15.2. The molecule has 0 bridgehead atoms. The van der Waals surface area contributed by atoms with Crippen LogP contribution in [0, 0.1) is 5.92 Å². The van der Waals surface area contributed by atoms with Gasteiger partial charge in [-0.3, -0.25) is 9.69 Å². The minimum Gasteiger partial charge on any atom is -0.365 e. The van der Waals surface area contributed by atoms with Gasteiger partial charge in [-0.15, -0.1) is 0 Å². The van der Waals surface area contributed by atoms with E-state index in [-0.39, 0.29) is 11.9 Å². The van der Waals surface area contributed by atoms with Gasteiger partial charge in [0.15, 0.2) is 6.10 Å². The first-order chi connectivity index (χ1) is 10.1. The normalized spacial score (nSPS) is 23.2. The molecule has 0 saturated carbocycles. The Morgan fingerprint density at radius 1 is 1.38 bits per heavy atom. The van der Waals surface area contributed by atoms with Crippen molar-refractivity contribution in [2.75, 3.05) is 26.7 Å². The molecule has 1 amide bonds. The molecule has 1 aromatic carbocycles. The van der Waals surface area contributed by atoms with Crippen LogP contribution >= 0.6 is 0 Å². The molecular formula is C17H26N2O2. The van der Waals surface area contributed by atoms with Crippen LogP contribution in [0.15, 0.2) is 30.3 Å². The second-order valence-electron chi connectivity index (χ2n) is 6.10. The van der Waals surface area contributed by atoms with Gasteiger partial charge in [-0.05, 0) is 24.9 Å². The summed E-state index contributed by atoms with van der Waals surface area (Å²) in [6.07, 6.45) is 0.558. The van der Waals surface area contributed by atoms with Gasteiger partial charge in [-0.2, -0.15) is 0 Å². The lowest BCUT2D eigenvalue weighted by Gasteiger charge is -2.38. The zero-order valence-electron chi connectivity index (χ0n) is 13.2. The summed E-state index contributed by atoms with van der Waals surface area (Å²) in [6.45, 7) is 6.46. The van der Waals surface area contributed by atoms with Gasteiger partial charge in [-0.1, -0.05) is 44.2 Å². The van der Waals surface area contributed by atoms with Gasteiger partial charge in [-0.25, -0.2) is 0 Å². The molecule has 0 aromatic heterocycles. The predicted octanol–water partition coefficient (Wildman–Crippen LogP) is 2.22. The van der Waals surface area contributed by atoms with Crippen molar-refractivity contribution in [2.45, 2.75) is 32.4 Å². The lowest BCUT2D eigenvalue weighted by atomic mass is 9.98. The molecule has 1 aromatic rings. The van der Waals surface area contributed by atoms with Crippen molar-refractivity contribution in [1.29, 1.82) is 0 Å². The van der Waals surface area contributed by atoms with Crippen LogP contribution in [0.3, 0.4) is 0 Å². The van der Waals surface area contributed by atoms with Crippen LogP contribution in [0.4, 0.5) is 0 Å². The summed E-state index contributed by atoms with van der Waals surface area (Å²) in [5.41, 5.74) is 1.13. The van der Waals surface area contributed by atoms with Crippen molar-refractivity contribution in [2.24, 2.45) is 5.92 Å². The molecule has 1 fully saturated rings. The van der Waals surface area contributed by atoms with E-state index >= 15 is 0 Å². The van der Waals surface area contributed by atoms with Gasteiger partial charge >= 0.3 is 0 Å². The number of rotatable bonds is 5. The van der Waals surface area contributed by atoms with E-state index < -0.39 is 6.10 Å². The van der Waals surface area contributed by atoms with E-state index in [0.29, 0.717) is 19.1 Å². The Bertz CT molecular complexity index is 447. The SMILES string of the molecule is CC(C)CCNC(=O)[C@@H]1OCCN(C)[C@H]1c1ccccc1. The van der Waals surface area contributed by atoms with Gasteiger partial charge < -0.3 is 10.1 Å². The number of ether oxygens (including phenoxy) is 1. The minimum atomic E-state index is -0.432. The first-order valence-electron chi connectivity index (χ1n) is 7.74. The van der Waals surface area contributed by atoms with Gasteiger partial charge in [0.05, 0.1) is 12.6 Å². The number of carbonyl (C=O) groups excluding carboxylic acids is 1. The molecule has 4 heteroatoms. The molecule has 1 aliphatic heterocycles. The molecule has 116 valence electrons. The van der Waals surface area contributed by atoms with Crippen LogP contribution in [-0.4, -0.2) is 43.7 Å². The monoisotopic (exact) mass is 290 g/mol. The van der Waals surface area contributed by atoms with Gasteiger partial charge in [0.1, 0.15) is 0 Å². The molecule has 0 aliphatic carbocycles. The maximum atomic E-state index is 12.4. The summed E-state index contributed by atoms with van der Waals surface area (Å²) >= 11 is 0. The molecule has 2 atom stereocenters. The minimum absolute atomic E-state index is 0.00365. The van der Waals surface area contributed by atoms with Crippen LogP contribution < -0.4 is 5.32 Å². The highest BCUT2D eigenvalue weighted by Crippen LogP contribution is 2.28. The second-order valence-corrected chi connectivity index (χ2v) is 6.10. The van der Waals surface area contributed by atoms with Crippen molar-refractivity contribution in [1.82, 2.24) is 10.2 Å². The van der Waals surface area contributed by atoms with E-state index in [1.807, 2.05) is 18.2 Å². The summed E-state index contributed by atoms with van der Waals surface area (Å²) in [4.78, 5) is 14.6. The average molecular weight is 290 g/mol. The molecule has 4 nitrogen and oxygen atoms in total. The molecular weight excluding hydrogens is 264 g/mol. The number of benzene rings is 1. The van der Waals surface area contributed by atoms with Crippen LogP contribution in [-0.2, 0) is 9.53 Å². The van der Waals surface area contributed by atoms with Crippen molar-refractivity contribution in [3.05, 3.63) is 35.9 Å². The van der Waals surface area contributed by atoms with Gasteiger partial charge in [0, 0.05) is 13.1 Å². The van der Waals surface area contributed by atoms with Crippen LogP contribution in [0.5, 0.6) is 0 Å². The summed E-state index contributed by atoms with van der Waals surface area (Å²) in [6, 6.07) is 10.1. The number of carbonyl (C=O) groups is 1. The Hall–Kier alpha value is -1.39. The molecule has 0 radical (unpaired) electrons. The molecule has 1 heterocycles. The highest BCUT2D eigenvalue weighted by molar-refractivity contribution is 5.82.